The van der Waals surface area contributed by atoms with Crippen LogP contribution in [-0.2, 0) is 9.59 Å². The van der Waals surface area contributed by atoms with Gasteiger partial charge in [0, 0.05) is 12.1 Å². The summed E-state index contributed by atoms with van der Waals surface area (Å²) in [6, 6.07) is 0. The molecule has 2 rings (SSSR count). The predicted molar refractivity (Wildman–Crippen MR) is 55.7 cm³/mol. The van der Waals surface area contributed by atoms with E-state index in [2.05, 4.69) is 0 Å². The van der Waals surface area contributed by atoms with Crippen LogP contribution in [0.25, 0.3) is 0 Å². The van der Waals surface area contributed by atoms with Crippen molar-refractivity contribution in [3.8, 4) is 0 Å². The number of fused-ring (bicyclic) bond motifs is 1. The van der Waals surface area contributed by atoms with E-state index in [4.69, 9.17) is 5.73 Å². The SMILES string of the molecule is CC(C)(N)CN1C(=O)C2C(C1=O)C2(C)C. The molecule has 2 atom stereocenters. The average Bonchev–Trinajstić information content (AvgIpc) is 2.50. The highest BCUT2D eigenvalue weighted by Crippen LogP contribution is 2.63. The van der Waals surface area contributed by atoms with Gasteiger partial charge in [-0.25, -0.2) is 0 Å². The number of likely N-dealkylation sites (tertiary alicyclic amines) is 1. The standard InChI is InChI=1S/C11H18N2O2/c1-10(2,12)5-13-8(14)6-7(9(13)15)11(6,3)4/h6-7H,5,12H2,1-4H3. The molecule has 2 unspecified atom stereocenters. The third-order valence-electron chi connectivity index (χ3n) is 3.46. The molecule has 2 fully saturated rings. The predicted octanol–water partition coefficient (Wildman–Crippen LogP) is 0.365. The summed E-state index contributed by atoms with van der Waals surface area (Å²) in [5.41, 5.74) is 5.19. The maximum atomic E-state index is 11.9. The van der Waals surface area contributed by atoms with Crippen LogP contribution in [0.4, 0.5) is 0 Å². The molecule has 4 nitrogen and oxygen atoms in total. The van der Waals surface area contributed by atoms with Gasteiger partial charge in [0.2, 0.25) is 11.8 Å². The number of carbonyl (C=O) groups is 2. The fourth-order valence-electron chi connectivity index (χ4n) is 2.57. The highest BCUT2D eigenvalue weighted by Gasteiger charge is 2.72. The van der Waals surface area contributed by atoms with Crippen LogP contribution in [0.3, 0.4) is 0 Å². The van der Waals surface area contributed by atoms with Crippen molar-refractivity contribution in [1.29, 1.82) is 0 Å². The van der Waals surface area contributed by atoms with Gasteiger partial charge in [-0.1, -0.05) is 13.8 Å². The zero-order valence-corrected chi connectivity index (χ0v) is 9.70. The van der Waals surface area contributed by atoms with Gasteiger partial charge in [-0.15, -0.1) is 0 Å². The molecular formula is C11H18N2O2. The van der Waals surface area contributed by atoms with Gasteiger partial charge in [0.1, 0.15) is 0 Å². The van der Waals surface area contributed by atoms with Gasteiger partial charge in [-0.2, -0.15) is 0 Å². The maximum absolute atomic E-state index is 11.9. The lowest BCUT2D eigenvalue weighted by molar-refractivity contribution is -0.143. The van der Waals surface area contributed by atoms with Gasteiger partial charge < -0.3 is 5.73 Å². The molecule has 0 radical (unpaired) electrons. The molecule has 2 amide bonds. The summed E-state index contributed by atoms with van der Waals surface area (Å²) in [6.07, 6.45) is 0. The van der Waals surface area contributed by atoms with Crippen LogP contribution in [0.15, 0.2) is 0 Å². The summed E-state index contributed by atoms with van der Waals surface area (Å²) in [4.78, 5) is 25.1. The molecule has 1 saturated heterocycles. The van der Waals surface area contributed by atoms with E-state index in [1.807, 2.05) is 27.7 Å². The second-order valence-corrected chi connectivity index (χ2v) is 6.03. The topological polar surface area (TPSA) is 63.4 Å². The van der Waals surface area contributed by atoms with E-state index in [0.717, 1.165) is 0 Å². The Balaban J connectivity index is 2.15. The normalized spacial score (nSPS) is 33.3. The van der Waals surface area contributed by atoms with Crippen molar-refractivity contribution in [2.75, 3.05) is 6.54 Å². The summed E-state index contributed by atoms with van der Waals surface area (Å²) in [6.45, 7) is 7.92. The van der Waals surface area contributed by atoms with Crippen molar-refractivity contribution in [2.24, 2.45) is 23.0 Å². The van der Waals surface area contributed by atoms with E-state index < -0.39 is 5.54 Å². The molecule has 0 spiro atoms. The summed E-state index contributed by atoms with van der Waals surface area (Å²) >= 11 is 0. The molecule has 84 valence electrons. The van der Waals surface area contributed by atoms with Gasteiger partial charge in [0.05, 0.1) is 11.8 Å². The summed E-state index contributed by atoms with van der Waals surface area (Å²) in [5.74, 6) is -0.248. The number of nitrogens with two attached hydrogens (primary N) is 1. The van der Waals surface area contributed by atoms with Crippen LogP contribution in [0.5, 0.6) is 0 Å². The number of nitrogens with zero attached hydrogens (tertiary/aromatic N) is 1. The van der Waals surface area contributed by atoms with E-state index >= 15 is 0 Å². The van der Waals surface area contributed by atoms with Crippen LogP contribution in [0.2, 0.25) is 0 Å². The van der Waals surface area contributed by atoms with Crippen molar-refractivity contribution in [3.05, 3.63) is 0 Å². The van der Waals surface area contributed by atoms with Crippen molar-refractivity contribution in [1.82, 2.24) is 4.90 Å². The number of rotatable bonds is 2. The second-order valence-electron chi connectivity index (χ2n) is 6.03. The number of amides is 2. The molecule has 1 heterocycles. The third kappa shape index (κ3) is 1.39. The van der Waals surface area contributed by atoms with Gasteiger partial charge in [0.25, 0.3) is 0 Å². The van der Waals surface area contributed by atoms with Crippen molar-refractivity contribution in [2.45, 2.75) is 33.2 Å². The highest BCUT2D eigenvalue weighted by atomic mass is 16.2. The molecule has 15 heavy (non-hydrogen) atoms. The first kappa shape index (κ1) is 10.6. The van der Waals surface area contributed by atoms with E-state index in [1.165, 1.54) is 4.90 Å². The van der Waals surface area contributed by atoms with E-state index in [1.54, 1.807) is 0 Å². The quantitative estimate of drug-likeness (QED) is 0.669. The minimum absolute atomic E-state index is 0.0338. The van der Waals surface area contributed by atoms with Crippen LogP contribution >= 0.6 is 0 Å². The first-order chi connectivity index (χ1) is 6.66. The fraction of sp³-hybridized carbons (Fsp3) is 0.818. The Labute approximate surface area is 89.8 Å². The van der Waals surface area contributed by atoms with Gasteiger partial charge in [-0.3, -0.25) is 14.5 Å². The van der Waals surface area contributed by atoms with Gasteiger partial charge >= 0.3 is 0 Å². The Morgan fingerprint density at radius 3 is 2.00 bits per heavy atom. The van der Waals surface area contributed by atoms with Crippen LogP contribution < -0.4 is 5.73 Å². The molecule has 2 aliphatic rings. The maximum Gasteiger partial charge on any atom is 0.233 e. The number of carbonyl (C=O) groups excluding carboxylic acids is 2. The van der Waals surface area contributed by atoms with Gasteiger partial charge in [-0.05, 0) is 19.3 Å². The summed E-state index contributed by atoms with van der Waals surface area (Å²) in [7, 11) is 0. The zero-order valence-electron chi connectivity index (χ0n) is 9.70. The lowest BCUT2D eigenvalue weighted by Crippen LogP contribution is -2.49. The van der Waals surface area contributed by atoms with Gasteiger partial charge in [0.15, 0.2) is 0 Å². The van der Waals surface area contributed by atoms with Crippen LogP contribution in [-0.4, -0.2) is 28.8 Å². The minimum atomic E-state index is -0.508. The Hall–Kier alpha value is -0.900. The van der Waals surface area contributed by atoms with Crippen molar-refractivity contribution in [3.63, 3.8) is 0 Å². The molecular weight excluding hydrogens is 192 g/mol. The summed E-state index contributed by atoms with van der Waals surface area (Å²) < 4.78 is 0. The second kappa shape index (κ2) is 2.61. The highest BCUT2D eigenvalue weighted by molar-refractivity contribution is 6.10. The molecule has 1 aliphatic carbocycles. The summed E-state index contributed by atoms with van der Waals surface area (Å²) in [5, 5.41) is 0. The lowest BCUT2D eigenvalue weighted by atomic mass is 10.0. The Bertz CT molecular complexity index is 317. The molecule has 0 aromatic carbocycles. The number of imide groups is 1. The van der Waals surface area contributed by atoms with E-state index in [-0.39, 0.29) is 29.1 Å². The molecule has 4 heteroatoms. The molecule has 0 bridgehead atoms. The zero-order chi connectivity index (χ0) is 11.6. The largest absolute Gasteiger partial charge is 0.324 e. The molecule has 0 aromatic heterocycles. The van der Waals surface area contributed by atoms with E-state index in [0.29, 0.717) is 6.54 Å². The van der Waals surface area contributed by atoms with Crippen molar-refractivity contribution < 1.29 is 9.59 Å². The Morgan fingerprint density at radius 2 is 1.67 bits per heavy atom. The van der Waals surface area contributed by atoms with Crippen LogP contribution in [0, 0.1) is 17.3 Å². The Kier molecular flexibility index (Phi) is 1.85. The monoisotopic (exact) mass is 210 g/mol. The molecule has 0 aromatic rings. The Morgan fingerprint density at radius 1 is 1.27 bits per heavy atom. The number of hydrogen-bond donors (Lipinski definition) is 1. The third-order valence-corrected chi connectivity index (χ3v) is 3.46. The van der Waals surface area contributed by atoms with E-state index in [9.17, 15) is 9.59 Å². The molecule has 1 aliphatic heterocycles. The fourth-order valence-corrected chi connectivity index (χ4v) is 2.57. The minimum Gasteiger partial charge on any atom is -0.324 e. The average molecular weight is 210 g/mol. The van der Waals surface area contributed by atoms with Crippen LogP contribution in [0.1, 0.15) is 27.7 Å². The van der Waals surface area contributed by atoms with Crippen molar-refractivity contribution >= 4 is 11.8 Å². The number of piperidine rings is 1. The lowest BCUT2D eigenvalue weighted by Gasteiger charge is -2.27. The molecule has 1 saturated carbocycles. The number of hydrogen-bond acceptors (Lipinski definition) is 3. The molecule has 2 N–H and O–H groups in total. The first-order valence-corrected chi connectivity index (χ1v) is 5.30. The first-order valence-electron chi connectivity index (χ1n) is 5.30. The smallest absolute Gasteiger partial charge is 0.233 e.